The highest BCUT2D eigenvalue weighted by atomic mass is 16.5. The third-order valence-electron chi connectivity index (χ3n) is 3.60. The summed E-state index contributed by atoms with van der Waals surface area (Å²) in [6.45, 7) is 14.1. The Kier molecular flexibility index (Phi) is 5.04. The monoisotopic (exact) mass is 292 g/mol. The van der Waals surface area contributed by atoms with E-state index in [1.807, 2.05) is 0 Å². The van der Waals surface area contributed by atoms with Gasteiger partial charge in [0.05, 0.1) is 19.3 Å². The Labute approximate surface area is 128 Å². The van der Waals surface area contributed by atoms with Crippen molar-refractivity contribution in [3.63, 3.8) is 0 Å². The molecule has 5 nitrogen and oxygen atoms in total. The fourth-order valence-corrected chi connectivity index (χ4v) is 2.33. The van der Waals surface area contributed by atoms with Crippen molar-refractivity contribution in [3.8, 4) is 0 Å². The highest BCUT2D eigenvalue weighted by molar-refractivity contribution is 5.51. The van der Waals surface area contributed by atoms with Crippen LogP contribution in [0.15, 0.2) is 6.07 Å². The smallest absolute Gasteiger partial charge is 0.138 e. The lowest BCUT2D eigenvalue weighted by Crippen LogP contribution is -2.44. The first kappa shape index (κ1) is 16.0. The molecule has 1 N–H and O–H groups in total. The molecule has 21 heavy (non-hydrogen) atoms. The van der Waals surface area contributed by atoms with Crippen LogP contribution in [0.3, 0.4) is 0 Å². The molecule has 0 bridgehead atoms. The van der Waals surface area contributed by atoms with Crippen LogP contribution in [-0.2, 0) is 10.2 Å². The van der Waals surface area contributed by atoms with Crippen molar-refractivity contribution in [1.82, 2.24) is 9.97 Å². The highest BCUT2D eigenvalue weighted by Crippen LogP contribution is 2.26. The van der Waals surface area contributed by atoms with Gasteiger partial charge in [0.2, 0.25) is 0 Å². The number of anilines is 2. The van der Waals surface area contributed by atoms with E-state index < -0.39 is 0 Å². The molecule has 1 saturated heterocycles. The quantitative estimate of drug-likeness (QED) is 0.925. The molecule has 1 aliphatic heterocycles. The molecule has 0 radical (unpaired) electrons. The lowest BCUT2D eigenvalue weighted by Gasteiger charge is -2.35. The van der Waals surface area contributed by atoms with Gasteiger partial charge in [-0.2, -0.15) is 0 Å². The predicted octanol–water partition coefficient (Wildman–Crippen LogP) is 2.82. The van der Waals surface area contributed by atoms with Crippen molar-refractivity contribution in [2.75, 3.05) is 36.5 Å². The van der Waals surface area contributed by atoms with Crippen molar-refractivity contribution in [1.29, 1.82) is 0 Å². The number of nitrogens with one attached hydrogen (secondary N) is 1. The zero-order chi connectivity index (χ0) is 15.5. The standard InChI is InChI=1S/C16H28N4O/c1-6-7-17-13-10-14(19-15(18-13)16(3,4)5)20-8-9-21-11-12(20)2/h10,12H,6-9,11H2,1-5H3,(H,17,18,19). The fourth-order valence-electron chi connectivity index (χ4n) is 2.33. The number of rotatable bonds is 4. The van der Waals surface area contributed by atoms with Gasteiger partial charge in [-0.1, -0.05) is 27.7 Å². The van der Waals surface area contributed by atoms with E-state index in [0.29, 0.717) is 6.04 Å². The predicted molar refractivity (Wildman–Crippen MR) is 87.1 cm³/mol. The van der Waals surface area contributed by atoms with Crippen LogP contribution in [-0.4, -0.2) is 42.3 Å². The molecule has 1 aromatic rings. The Morgan fingerprint density at radius 1 is 1.38 bits per heavy atom. The Balaban J connectivity index is 2.34. The molecule has 0 aliphatic carbocycles. The molecule has 0 spiro atoms. The number of hydrogen-bond donors (Lipinski definition) is 1. The molecule has 1 aliphatic rings. The first-order valence-electron chi connectivity index (χ1n) is 7.89. The van der Waals surface area contributed by atoms with Crippen molar-refractivity contribution < 1.29 is 4.74 Å². The minimum Gasteiger partial charge on any atom is -0.377 e. The van der Waals surface area contributed by atoms with Crippen molar-refractivity contribution >= 4 is 11.6 Å². The minimum absolute atomic E-state index is 0.0613. The van der Waals surface area contributed by atoms with E-state index in [1.165, 1.54) is 0 Å². The molecule has 1 fully saturated rings. The van der Waals surface area contributed by atoms with Crippen LogP contribution in [0.5, 0.6) is 0 Å². The van der Waals surface area contributed by atoms with Crippen LogP contribution in [0.2, 0.25) is 0 Å². The fraction of sp³-hybridized carbons (Fsp3) is 0.750. The maximum absolute atomic E-state index is 5.53. The molecular weight excluding hydrogens is 264 g/mol. The van der Waals surface area contributed by atoms with Crippen LogP contribution in [0.4, 0.5) is 11.6 Å². The van der Waals surface area contributed by atoms with E-state index in [1.54, 1.807) is 0 Å². The normalized spacial score (nSPS) is 19.7. The molecule has 0 aromatic carbocycles. The summed E-state index contributed by atoms with van der Waals surface area (Å²) in [5.41, 5.74) is -0.0613. The molecule has 1 aromatic heterocycles. The first-order chi connectivity index (χ1) is 9.91. The SMILES string of the molecule is CCCNc1cc(N2CCOCC2C)nc(C(C)(C)C)n1. The highest BCUT2D eigenvalue weighted by Gasteiger charge is 2.24. The minimum atomic E-state index is -0.0613. The van der Waals surface area contributed by atoms with Gasteiger partial charge in [-0.3, -0.25) is 0 Å². The van der Waals surface area contributed by atoms with Gasteiger partial charge in [-0.05, 0) is 13.3 Å². The van der Waals surface area contributed by atoms with Crippen molar-refractivity contribution in [3.05, 3.63) is 11.9 Å². The molecule has 1 atom stereocenters. The summed E-state index contributed by atoms with van der Waals surface area (Å²) in [5.74, 6) is 2.81. The second kappa shape index (κ2) is 6.60. The molecule has 1 unspecified atom stereocenters. The van der Waals surface area contributed by atoms with E-state index in [-0.39, 0.29) is 5.41 Å². The second-order valence-electron chi connectivity index (χ2n) is 6.73. The summed E-state index contributed by atoms with van der Waals surface area (Å²) in [7, 11) is 0. The van der Waals surface area contributed by atoms with E-state index >= 15 is 0 Å². The van der Waals surface area contributed by atoms with Gasteiger partial charge in [0.1, 0.15) is 17.5 Å². The lowest BCUT2D eigenvalue weighted by molar-refractivity contribution is 0.0985. The number of nitrogens with zero attached hydrogens (tertiary/aromatic N) is 3. The average molecular weight is 292 g/mol. The summed E-state index contributed by atoms with van der Waals surface area (Å²) >= 11 is 0. The summed E-state index contributed by atoms with van der Waals surface area (Å²) < 4.78 is 5.53. The topological polar surface area (TPSA) is 50.3 Å². The van der Waals surface area contributed by atoms with Gasteiger partial charge in [-0.25, -0.2) is 9.97 Å². The van der Waals surface area contributed by atoms with Crippen molar-refractivity contribution in [2.45, 2.75) is 52.5 Å². The maximum Gasteiger partial charge on any atom is 0.138 e. The number of aromatic nitrogens is 2. The van der Waals surface area contributed by atoms with Crippen LogP contribution < -0.4 is 10.2 Å². The Hall–Kier alpha value is -1.36. The van der Waals surface area contributed by atoms with Gasteiger partial charge in [0.25, 0.3) is 0 Å². The van der Waals surface area contributed by atoms with E-state index in [9.17, 15) is 0 Å². The van der Waals surface area contributed by atoms with Gasteiger partial charge in [0, 0.05) is 24.6 Å². The van der Waals surface area contributed by atoms with Crippen LogP contribution in [0.1, 0.15) is 46.9 Å². The molecule has 0 saturated carbocycles. The maximum atomic E-state index is 5.53. The molecule has 2 heterocycles. The third-order valence-corrected chi connectivity index (χ3v) is 3.60. The van der Waals surface area contributed by atoms with E-state index in [4.69, 9.17) is 9.72 Å². The van der Waals surface area contributed by atoms with Gasteiger partial charge >= 0.3 is 0 Å². The van der Waals surface area contributed by atoms with E-state index in [2.05, 4.69) is 55.9 Å². The molecule has 118 valence electrons. The van der Waals surface area contributed by atoms with Gasteiger partial charge in [-0.15, -0.1) is 0 Å². The second-order valence-corrected chi connectivity index (χ2v) is 6.73. The van der Waals surface area contributed by atoms with Gasteiger partial charge in [0.15, 0.2) is 0 Å². The molecule has 0 amide bonds. The van der Waals surface area contributed by atoms with E-state index in [0.717, 1.165) is 50.2 Å². The number of hydrogen-bond acceptors (Lipinski definition) is 5. The molecular formula is C16H28N4O. The van der Waals surface area contributed by atoms with Crippen LogP contribution in [0, 0.1) is 0 Å². The largest absolute Gasteiger partial charge is 0.377 e. The average Bonchev–Trinajstić information content (AvgIpc) is 2.44. The van der Waals surface area contributed by atoms with Crippen molar-refractivity contribution in [2.24, 2.45) is 0 Å². The zero-order valence-corrected chi connectivity index (χ0v) is 13.9. The lowest BCUT2D eigenvalue weighted by atomic mass is 9.95. The van der Waals surface area contributed by atoms with Crippen LogP contribution >= 0.6 is 0 Å². The zero-order valence-electron chi connectivity index (χ0n) is 13.9. The summed E-state index contributed by atoms with van der Waals surface area (Å²) in [5, 5.41) is 3.39. The summed E-state index contributed by atoms with van der Waals surface area (Å²) in [4.78, 5) is 11.8. The Morgan fingerprint density at radius 3 is 2.76 bits per heavy atom. The third kappa shape index (κ3) is 4.06. The molecule has 5 heteroatoms. The number of morpholine rings is 1. The van der Waals surface area contributed by atoms with Crippen LogP contribution in [0.25, 0.3) is 0 Å². The Bertz CT molecular complexity index is 470. The first-order valence-corrected chi connectivity index (χ1v) is 7.89. The van der Waals surface area contributed by atoms with Gasteiger partial charge < -0.3 is 15.0 Å². The number of ether oxygens (including phenoxy) is 1. The Morgan fingerprint density at radius 2 is 2.14 bits per heavy atom. The summed E-state index contributed by atoms with van der Waals surface area (Å²) in [6.07, 6.45) is 1.08. The molecule has 2 rings (SSSR count). The summed E-state index contributed by atoms with van der Waals surface area (Å²) in [6, 6.07) is 2.41.